The van der Waals surface area contributed by atoms with E-state index in [1.54, 1.807) is 41.3 Å². The van der Waals surface area contributed by atoms with Crippen molar-refractivity contribution in [3.8, 4) is 11.5 Å². The van der Waals surface area contributed by atoms with Crippen molar-refractivity contribution in [2.24, 2.45) is 0 Å². The number of nitrogens with one attached hydrogen (secondary N) is 1. The van der Waals surface area contributed by atoms with Crippen molar-refractivity contribution in [1.82, 2.24) is 4.90 Å². The van der Waals surface area contributed by atoms with Crippen LogP contribution in [0.2, 0.25) is 5.02 Å². The van der Waals surface area contributed by atoms with Gasteiger partial charge in [0.25, 0.3) is 11.8 Å². The zero-order valence-electron chi connectivity index (χ0n) is 18.6. The van der Waals surface area contributed by atoms with Gasteiger partial charge in [-0.05, 0) is 54.4 Å². The van der Waals surface area contributed by atoms with E-state index in [0.29, 0.717) is 29.2 Å². The number of nitrogens with zero attached hydrogens (tertiary/aromatic N) is 1. The summed E-state index contributed by atoms with van der Waals surface area (Å²) in [6.45, 7) is 2.20. The van der Waals surface area contributed by atoms with Crippen LogP contribution in [0.4, 0.5) is 10.1 Å². The van der Waals surface area contributed by atoms with Crippen molar-refractivity contribution in [2.45, 2.75) is 32.5 Å². The lowest BCUT2D eigenvalue weighted by Gasteiger charge is -2.23. The molecular formula is C26H24ClFN2O4. The molecule has 1 atom stereocenters. The molecule has 0 saturated carbocycles. The minimum Gasteiger partial charge on any atom is -0.484 e. The lowest BCUT2D eigenvalue weighted by atomic mass is 10.1. The van der Waals surface area contributed by atoms with E-state index in [9.17, 15) is 14.0 Å². The Balaban J connectivity index is 1.50. The SMILES string of the molecule is CC[C@H]1Oc2ccc(NC(=O)COc3ccccc3)cc2CN(Cc2ccc(F)cc2Cl)C1=O. The molecule has 3 aromatic carbocycles. The van der Waals surface area contributed by atoms with Crippen LogP contribution in [0.25, 0.3) is 0 Å². The molecule has 0 saturated heterocycles. The number of benzene rings is 3. The Hall–Kier alpha value is -3.58. The highest BCUT2D eigenvalue weighted by Gasteiger charge is 2.30. The quantitative estimate of drug-likeness (QED) is 0.503. The van der Waals surface area contributed by atoms with Gasteiger partial charge in [0.2, 0.25) is 0 Å². The molecule has 8 heteroatoms. The molecule has 0 aromatic heterocycles. The number of halogens is 2. The molecule has 1 N–H and O–H groups in total. The van der Waals surface area contributed by atoms with Crippen molar-refractivity contribution in [2.75, 3.05) is 11.9 Å². The van der Waals surface area contributed by atoms with E-state index in [1.165, 1.54) is 12.1 Å². The predicted octanol–water partition coefficient (Wildman–Crippen LogP) is 5.20. The second-order valence-electron chi connectivity index (χ2n) is 7.92. The summed E-state index contributed by atoms with van der Waals surface area (Å²) in [5, 5.41) is 3.07. The van der Waals surface area contributed by atoms with Crippen LogP contribution in [0, 0.1) is 5.82 Å². The number of carbonyl (C=O) groups is 2. The molecule has 0 radical (unpaired) electrons. The summed E-state index contributed by atoms with van der Waals surface area (Å²) in [6, 6.07) is 18.4. The minimum absolute atomic E-state index is 0.136. The fourth-order valence-electron chi connectivity index (χ4n) is 3.70. The second kappa shape index (κ2) is 10.6. The highest BCUT2D eigenvalue weighted by atomic mass is 35.5. The Labute approximate surface area is 202 Å². The maximum absolute atomic E-state index is 13.5. The van der Waals surface area contributed by atoms with Crippen LogP contribution in [0.3, 0.4) is 0 Å². The summed E-state index contributed by atoms with van der Waals surface area (Å²) in [5.41, 5.74) is 1.94. The molecule has 6 nitrogen and oxygen atoms in total. The zero-order chi connectivity index (χ0) is 24.1. The Morgan fingerprint density at radius 1 is 1.18 bits per heavy atom. The standard InChI is InChI=1S/C26H24ClFN2O4/c1-2-23-26(32)30(14-17-8-9-19(28)13-22(17)27)15-18-12-20(10-11-24(18)34-23)29-25(31)16-33-21-6-4-3-5-7-21/h3-13,23H,2,14-16H2,1H3,(H,29,31)/t23-/m1/s1. The van der Waals surface area contributed by atoms with Crippen molar-refractivity contribution in [3.05, 3.63) is 88.7 Å². The van der Waals surface area contributed by atoms with Gasteiger partial charge in [0.1, 0.15) is 17.3 Å². The van der Waals surface area contributed by atoms with E-state index in [1.807, 2.05) is 25.1 Å². The smallest absolute Gasteiger partial charge is 0.264 e. The third-order valence-electron chi connectivity index (χ3n) is 5.42. The summed E-state index contributed by atoms with van der Waals surface area (Å²) in [7, 11) is 0. The molecule has 0 fully saturated rings. The molecular weight excluding hydrogens is 459 g/mol. The van der Waals surface area contributed by atoms with Crippen molar-refractivity contribution >= 4 is 29.1 Å². The summed E-state index contributed by atoms with van der Waals surface area (Å²) < 4.78 is 24.9. The second-order valence-corrected chi connectivity index (χ2v) is 8.32. The maximum atomic E-state index is 13.5. The van der Waals surface area contributed by atoms with Crippen LogP contribution < -0.4 is 14.8 Å². The number of carbonyl (C=O) groups excluding carboxylic acids is 2. The van der Waals surface area contributed by atoms with Gasteiger partial charge in [-0.2, -0.15) is 0 Å². The van der Waals surface area contributed by atoms with Crippen LogP contribution in [-0.4, -0.2) is 29.4 Å². The molecule has 0 bridgehead atoms. The Bertz CT molecular complexity index is 1190. The van der Waals surface area contributed by atoms with Crippen molar-refractivity contribution < 1.29 is 23.5 Å². The molecule has 1 aliphatic rings. The van der Waals surface area contributed by atoms with Gasteiger partial charge < -0.3 is 19.7 Å². The van der Waals surface area contributed by atoms with E-state index in [-0.39, 0.29) is 36.5 Å². The van der Waals surface area contributed by atoms with Gasteiger partial charge in [0, 0.05) is 29.4 Å². The molecule has 4 rings (SSSR count). The Morgan fingerprint density at radius 3 is 2.71 bits per heavy atom. The number of hydrogen-bond donors (Lipinski definition) is 1. The fourth-order valence-corrected chi connectivity index (χ4v) is 3.92. The largest absolute Gasteiger partial charge is 0.484 e. The van der Waals surface area contributed by atoms with Crippen LogP contribution in [0.1, 0.15) is 24.5 Å². The van der Waals surface area contributed by atoms with Gasteiger partial charge in [0.15, 0.2) is 12.7 Å². The number of rotatable bonds is 7. The average molecular weight is 483 g/mol. The number of para-hydroxylation sites is 1. The lowest BCUT2D eigenvalue weighted by molar-refractivity contribution is -0.139. The Kier molecular flexibility index (Phi) is 7.33. The highest BCUT2D eigenvalue weighted by Crippen LogP contribution is 2.31. The number of fused-ring (bicyclic) bond motifs is 1. The van der Waals surface area contributed by atoms with Gasteiger partial charge >= 0.3 is 0 Å². The summed E-state index contributed by atoms with van der Waals surface area (Å²) in [6.07, 6.45) is -0.165. The highest BCUT2D eigenvalue weighted by molar-refractivity contribution is 6.31. The van der Waals surface area contributed by atoms with E-state index < -0.39 is 11.9 Å². The average Bonchev–Trinajstić information content (AvgIpc) is 2.96. The molecule has 3 aromatic rings. The van der Waals surface area contributed by atoms with Crippen LogP contribution >= 0.6 is 11.6 Å². The third kappa shape index (κ3) is 5.66. The van der Waals surface area contributed by atoms with Gasteiger partial charge in [0.05, 0.1) is 0 Å². The van der Waals surface area contributed by atoms with Gasteiger partial charge in [-0.15, -0.1) is 0 Å². The normalized spacial score (nSPS) is 15.2. The summed E-state index contributed by atoms with van der Waals surface area (Å²) in [4.78, 5) is 27.1. The van der Waals surface area contributed by atoms with Gasteiger partial charge in [-0.3, -0.25) is 9.59 Å². The third-order valence-corrected chi connectivity index (χ3v) is 5.77. The van der Waals surface area contributed by atoms with Crippen LogP contribution in [0.5, 0.6) is 11.5 Å². The zero-order valence-corrected chi connectivity index (χ0v) is 19.3. The van der Waals surface area contributed by atoms with Gasteiger partial charge in [-0.1, -0.05) is 42.8 Å². The molecule has 0 aliphatic carbocycles. The summed E-state index contributed by atoms with van der Waals surface area (Å²) >= 11 is 6.20. The van der Waals surface area contributed by atoms with E-state index in [2.05, 4.69) is 5.32 Å². The Morgan fingerprint density at radius 2 is 1.97 bits per heavy atom. The lowest BCUT2D eigenvalue weighted by Crippen LogP contribution is -2.38. The molecule has 0 unspecified atom stereocenters. The first-order chi connectivity index (χ1) is 16.4. The minimum atomic E-state index is -0.653. The van der Waals surface area contributed by atoms with Gasteiger partial charge in [-0.25, -0.2) is 4.39 Å². The predicted molar refractivity (Wildman–Crippen MR) is 127 cm³/mol. The van der Waals surface area contributed by atoms with Crippen molar-refractivity contribution in [1.29, 1.82) is 0 Å². The summed E-state index contributed by atoms with van der Waals surface area (Å²) in [5.74, 6) is 0.253. The van der Waals surface area contributed by atoms with E-state index in [4.69, 9.17) is 21.1 Å². The van der Waals surface area contributed by atoms with E-state index in [0.717, 1.165) is 5.56 Å². The monoisotopic (exact) mass is 482 g/mol. The molecule has 1 heterocycles. The topological polar surface area (TPSA) is 67.9 Å². The molecule has 2 amide bonds. The molecule has 34 heavy (non-hydrogen) atoms. The van der Waals surface area contributed by atoms with Crippen LogP contribution in [-0.2, 0) is 22.7 Å². The van der Waals surface area contributed by atoms with Crippen LogP contribution in [0.15, 0.2) is 66.7 Å². The number of hydrogen-bond acceptors (Lipinski definition) is 4. The first-order valence-corrected chi connectivity index (χ1v) is 11.3. The number of amides is 2. The fraction of sp³-hybridized carbons (Fsp3) is 0.231. The maximum Gasteiger partial charge on any atom is 0.264 e. The molecule has 1 aliphatic heterocycles. The first-order valence-electron chi connectivity index (χ1n) is 10.9. The molecule has 176 valence electrons. The number of ether oxygens (including phenoxy) is 2. The van der Waals surface area contributed by atoms with Crippen molar-refractivity contribution in [3.63, 3.8) is 0 Å². The first kappa shape index (κ1) is 23.6. The number of anilines is 1. The molecule has 0 spiro atoms. The van der Waals surface area contributed by atoms with E-state index >= 15 is 0 Å².